The Morgan fingerprint density at radius 3 is 3.06 bits per heavy atom. The van der Waals surface area contributed by atoms with Crippen LogP contribution in [0.4, 0.5) is 0 Å². The van der Waals surface area contributed by atoms with Gasteiger partial charge < -0.3 is 9.84 Å². The van der Waals surface area contributed by atoms with Gasteiger partial charge in [0.2, 0.25) is 0 Å². The first-order valence-corrected chi connectivity index (χ1v) is 7.00. The Morgan fingerprint density at radius 2 is 2.44 bits per heavy atom. The molecule has 1 aliphatic heterocycles. The molecule has 1 saturated heterocycles. The van der Waals surface area contributed by atoms with Gasteiger partial charge in [0.25, 0.3) is 0 Å². The van der Waals surface area contributed by atoms with E-state index < -0.39 is 0 Å². The lowest BCUT2D eigenvalue weighted by molar-refractivity contribution is 0.0808. The fourth-order valence-electron chi connectivity index (χ4n) is 2.53. The standard InChI is InChI=1S/C14H24N2O2/c1-3-11-9-12(16(2)15-11)10-13(17)6-7-14-5-4-8-18-14/h9,13-14,17H,3-8,10H2,1-2H3. The van der Waals surface area contributed by atoms with E-state index in [1.807, 2.05) is 11.7 Å². The molecule has 0 radical (unpaired) electrons. The summed E-state index contributed by atoms with van der Waals surface area (Å²) in [6, 6.07) is 2.09. The molecule has 0 bridgehead atoms. The maximum absolute atomic E-state index is 10.1. The van der Waals surface area contributed by atoms with Crippen molar-refractivity contribution in [2.45, 2.75) is 57.7 Å². The molecule has 1 N–H and O–H groups in total. The summed E-state index contributed by atoms with van der Waals surface area (Å²) in [5, 5.41) is 14.5. The molecular formula is C14H24N2O2. The maximum atomic E-state index is 10.1. The van der Waals surface area contributed by atoms with Gasteiger partial charge in [-0.3, -0.25) is 4.68 Å². The van der Waals surface area contributed by atoms with Gasteiger partial charge in [-0.25, -0.2) is 0 Å². The van der Waals surface area contributed by atoms with Crippen molar-refractivity contribution >= 4 is 0 Å². The van der Waals surface area contributed by atoms with Crippen LogP contribution >= 0.6 is 0 Å². The SMILES string of the molecule is CCc1cc(CC(O)CCC2CCCO2)n(C)n1. The molecule has 4 nitrogen and oxygen atoms in total. The topological polar surface area (TPSA) is 47.3 Å². The van der Waals surface area contributed by atoms with E-state index in [-0.39, 0.29) is 6.10 Å². The number of rotatable bonds is 6. The summed E-state index contributed by atoms with van der Waals surface area (Å²) in [4.78, 5) is 0. The monoisotopic (exact) mass is 252 g/mol. The third kappa shape index (κ3) is 3.56. The molecule has 1 aliphatic rings. The van der Waals surface area contributed by atoms with Crippen LogP contribution < -0.4 is 0 Å². The molecule has 18 heavy (non-hydrogen) atoms. The van der Waals surface area contributed by atoms with Crippen molar-refractivity contribution in [1.29, 1.82) is 0 Å². The smallest absolute Gasteiger partial charge is 0.0624 e. The summed E-state index contributed by atoms with van der Waals surface area (Å²) >= 11 is 0. The van der Waals surface area contributed by atoms with Crippen LogP contribution in [0.3, 0.4) is 0 Å². The van der Waals surface area contributed by atoms with Crippen molar-refractivity contribution in [3.8, 4) is 0 Å². The van der Waals surface area contributed by atoms with E-state index in [2.05, 4.69) is 18.1 Å². The number of aliphatic hydroxyl groups is 1. The second kappa shape index (κ2) is 6.34. The maximum Gasteiger partial charge on any atom is 0.0624 e. The zero-order chi connectivity index (χ0) is 13.0. The van der Waals surface area contributed by atoms with Crippen LogP contribution in [-0.2, 0) is 24.6 Å². The van der Waals surface area contributed by atoms with Crippen LogP contribution in [-0.4, -0.2) is 33.7 Å². The van der Waals surface area contributed by atoms with Gasteiger partial charge in [-0.1, -0.05) is 6.92 Å². The van der Waals surface area contributed by atoms with E-state index in [9.17, 15) is 5.11 Å². The van der Waals surface area contributed by atoms with Crippen molar-refractivity contribution < 1.29 is 9.84 Å². The number of aromatic nitrogens is 2. The zero-order valence-corrected chi connectivity index (χ0v) is 11.4. The largest absolute Gasteiger partial charge is 0.393 e. The van der Waals surface area contributed by atoms with Crippen LogP contribution in [0.5, 0.6) is 0 Å². The van der Waals surface area contributed by atoms with Crippen molar-refractivity contribution in [1.82, 2.24) is 9.78 Å². The lowest BCUT2D eigenvalue weighted by atomic mass is 10.0. The van der Waals surface area contributed by atoms with Gasteiger partial charge in [0.1, 0.15) is 0 Å². The molecule has 0 aromatic carbocycles. The number of nitrogens with zero attached hydrogens (tertiary/aromatic N) is 2. The van der Waals surface area contributed by atoms with Gasteiger partial charge >= 0.3 is 0 Å². The lowest BCUT2D eigenvalue weighted by Gasteiger charge is -2.13. The van der Waals surface area contributed by atoms with Gasteiger partial charge in [0.15, 0.2) is 0 Å². The Morgan fingerprint density at radius 1 is 1.61 bits per heavy atom. The Balaban J connectivity index is 1.78. The molecule has 1 fully saturated rings. The number of aliphatic hydroxyl groups excluding tert-OH is 1. The minimum Gasteiger partial charge on any atom is -0.393 e. The minimum atomic E-state index is -0.283. The van der Waals surface area contributed by atoms with Crippen LogP contribution in [0, 0.1) is 0 Å². The van der Waals surface area contributed by atoms with E-state index >= 15 is 0 Å². The summed E-state index contributed by atoms with van der Waals surface area (Å²) in [6.07, 6.45) is 5.83. The first kappa shape index (κ1) is 13.6. The van der Waals surface area contributed by atoms with Gasteiger partial charge in [0.05, 0.1) is 17.9 Å². The van der Waals surface area contributed by atoms with Crippen molar-refractivity contribution in [3.63, 3.8) is 0 Å². The van der Waals surface area contributed by atoms with Gasteiger partial charge in [-0.05, 0) is 38.2 Å². The third-order valence-corrected chi connectivity index (χ3v) is 3.68. The quantitative estimate of drug-likeness (QED) is 0.840. The van der Waals surface area contributed by atoms with Crippen molar-refractivity contribution in [2.24, 2.45) is 7.05 Å². The predicted molar refractivity (Wildman–Crippen MR) is 70.5 cm³/mol. The second-order valence-corrected chi connectivity index (χ2v) is 5.17. The molecule has 1 aromatic heterocycles. The molecule has 2 rings (SSSR count). The molecule has 0 spiro atoms. The lowest BCUT2D eigenvalue weighted by Crippen LogP contribution is -2.16. The Kier molecular flexibility index (Phi) is 4.78. The van der Waals surface area contributed by atoms with Crippen LogP contribution in [0.15, 0.2) is 6.07 Å². The summed E-state index contributed by atoms with van der Waals surface area (Å²) < 4.78 is 7.45. The van der Waals surface area contributed by atoms with E-state index in [0.717, 1.165) is 43.7 Å². The highest BCUT2D eigenvalue weighted by Crippen LogP contribution is 2.19. The average Bonchev–Trinajstić information content (AvgIpc) is 2.97. The number of hydrogen-bond donors (Lipinski definition) is 1. The Labute approximate surface area is 109 Å². The Bertz CT molecular complexity index is 370. The van der Waals surface area contributed by atoms with Crippen LogP contribution in [0.2, 0.25) is 0 Å². The minimum absolute atomic E-state index is 0.283. The molecule has 2 unspecified atom stereocenters. The van der Waals surface area contributed by atoms with E-state index in [4.69, 9.17) is 4.74 Å². The predicted octanol–water partition coefficient (Wildman–Crippen LogP) is 1.85. The van der Waals surface area contributed by atoms with E-state index in [0.29, 0.717) is 12.5 Å². The van der Waals surface area contributed by atoms with E-state index in [1.54, 1.807) is 0 Å². The molecule has 102 valence electrons. The average molecular weight is 252 g/mol. The highest BCUT2D eigenvalue weighted by atomic mass is 16.5. The molecule has 1 aromatic rings. The van der Waals surface area contributed by atoms with Crippen molar-refractivity contribution in [2.75, 3.05) is 6.61 Å². The van der Waals surface area contributed by atoms with E-state index in [1.165, 1.54) is 6.42 Å². The second-order valence-electron chi connectivity index (χ2n) is 5.17. The zero-order valence-electron chi connectivity index (χ0n) is 11.4. The molecular weight excluding hydrogens is 228 g/mol. The molecule has 0 aliphatic carbocycles. The molecule has 0 saturated carbocycles. The summed E-state index contributed by atoms with van der Waals surface area (Å²) in [7, 11) is 1.95. The summed E-state index contributed by atoms with van der Waals surface area (Å²) in [5.41, 5.74) is 2.21. The van der Waals surface area contributed by atoms with Gasteiger partial charge in [-0.15, -0.1) is 0 Å². The fraction of sp³-hybridized carbons (Fsp3) is 0.786. The van der Waals surface area contributed by atoms with Gasteiger partial charge in [-0.2, -0.15) is 5.10 Å². The van der Waals surface area contributed by atoms with Crippen LogP contribution in [0.1, 0.15) is 44.0 Å². The Hall–Kier alpha value is -0.870. The molecule has 0 amide bonds. The summed E-state index contributed by atoms with van der Waals surface area (Å²) in [6.45, 7) is 2.99. The number of ether oxygens (including phenoxy) is 1. The normalized spacial score (nSPS) is 21.4. The molecule has 2 atom stereocenters. The highest BCUT2D eigenvalue weighted by molar-refractivity contribution is 5.11. The highest BCUT2D eigenvalue weighted by Gasteiger charge is 2.18. The van der Waals surface area contributed by atoms with Crippen LogP contribution in [0.25, 0.3) is 0 Å². The first-order chi connectivity index (χ1) is 8.69. The van der Waals surface area contributed by atoms with Gasteiger partial charge in [0, 0.05) is 25.8 Å². The molecule has 4 heteroatoms. The van der Waals surface area contributed by atoms with Crippen molar-refractivity contribution in [3.05, 3.63) is 17.5 Å². The number of aryl methyl sites for hydroxylation is 2. The fourth-order valence-corrected chi connectivity index (χ4v) is 2.53. The number of hydrogen-bond acceptors (Lipinski definition) is 3. The third-order valence-electron chi connectivity index (χ3n) is 3.68. The summed E-state index contributed by atoms with van der Waals surface area (Å²) in [5.74, 6) is 0. The molecule has 2 heterocycles. The first-order valence-electron chi connectivity index (χ1n) is 7.00.